The van der Waals surface area contributed by atoms with Gasteiger partial charge in [0.15, 0.2) is 0 Å². The van der Waals surface area contributed by atoms with Crippen LogP contribution in [0.5, 0.6) is 0 Å². The molecule has 18 heavy (non-hydrogen) atoms. The summed E-state index contributed by atoms with van der Waals surface area (Å²) in [6.07, 6.45) is 9.23. The minimum atomic E-state index is -0.394. The number of hydrogen-bond donors (Lipinski definition) is 1. The van der Waals surface area contributed by atoms with Crippen molar-refractivity contribution in [1.29, 1.82) is 0 Å². The van der Waals surface area contributed by atoms with Gasteiger partial charge in [-0.15, -0.1) is 0 Å². The number of rotatable bonds is 6. The highest BCUT2D eigenvalue weighted by molar-refractivity contribution is 5.36. The van der Waals surface area contributed by atoms with Crippen molar-refractivity contribution in [2.75, 3.05) is 6.61 Å². The van der Waals surface area contributed by atoms with E-state index in [1.807, 2.05) is 0 Å². The van der Waals surface area contributed by atoms with Crippen LogP contribution in [0.15, 0.2) is 0 Å². The Morgan fingerprint density at radius 1 is 1.06 bits per heavy atom. The summed E-state index contributed by atoms with van der Waals surface area (Å²) in [7, 11) is 0. The molecule has 1 N–H and O–H groups in total. The minimum Gasteiger partial charge on any atom is -0.468 e. The lowest BCUT2D eigenvalue weighted by molar-refractivity contribution is -0.177. The lowest BCUT2D eigenvalue weighted by Crippen LogP contribution is -2.57. The van der Waals surface area contributed by atoms with Gasteiger partial charge in [0.05, 0.1) is 12.2 Å². The molecular formula is C15H24O3. The summed E-state index contributed by atoms with van der Waals surface area (Å²) in [6.45, 7) is 1.01. The van der Waals surface area contributed by atoms with Gasteiger partial charge in [0.25, 0.3) is 6.47 Å². The first kappa shape index (κ1) is 12.5. The summed E-state index contributed by atoms with van der Waals surface area (Å²) in [5, 5.41) is 11.0. The Morgan fingerprint density at radius 3 is 2.22 bits per heavy atom. The zero-order valence-corrected chi connectivity index (χ0v) is 11.0. The molecule has 0 aromatic rings. The van der Waals surface area contributed by atoms with Crippen molar-refractivity contribution >= 4 is 6.47 Å². The van der Waals surface area contributed by atoms with E-state index in [1.54, 1.807) is 0 Å². The third-order valence-electron chi connectivity index (χ3n) is 5.71. The molecule has 0 amide bonds. The second kappa shape index (κ2) is 4.84. The molecule has 0 radical (unpaired) electrons. The predicted molar refractivity (Wildman–Crippen MR) is 67.9 cm³/mol. The van der Waals surface area contributed by atoms with Crippen LogP contribution in [0.4, 0.5) is 0 Å². The van der Waals surface area contributed by atoms with Gasteiger partial charge in [0.2, 0.25) is 0 Å². The molecule has 4 bridgehead atoms. The van der Waals surface area contributed by atoms with Crippen LogP contribution in [0.25, 0.3) is 0 Å². The van der Waals surface area contributed by atoms with E-state index in [-0.39, 0.29) is 0 Å². The highest BCUT2D eigenvalue weighted by Crippen LogP contribution is 2.59. The molecule has 4 aliphatic carbocycles. The standard InChI is InChI=1S/C15H24O3/c16-10-18-4-2-1-3-15(17)13-6-11-5-12(8-13)9-14(15)7-11/h10-14,17H,1-9H2. The van der Waals surface area contributed by atoms with Gasteiger partial charge in [-0.3, -0.25) is 4.79 Å². The van der Waals surface area contributed by atoms with Gasteiger partial charge in [0.1, 0.15) is 0 Å². The lowest BCUT2D eigenvalue weighted by atomic mass is 9.49. The SMILES string of the molecule is O=COCCCCC1(O)C2CC3CC(C2)CC1C3. The first-order valence-corrected chi connectivity index (χ1v) is 7.50. The van der Waals surface area contributed by atoms with E-state index in [2.05, 4.69) is 0 Å². The summed E-state index contributed by atoms with van der Waals surface area (Å²) in [5.41, 5.74) is -0.394. The van der Waals surface area contributed by atoms with Crippen LogP contribution in [-0.4, -0.2) is 23.8 Å². The van der Waals surface area contributed by atoms with E-state index >= 15 is 0 Å². The number of aliphatic hydroxyl groups is 1. The van der Waals surface area contributed by atoms with Crippen molar-refractivity contribution in [2.24, 2.45) is 23.7 Å². The van der Waals surface area contributed by atoms with Gasteiger partial charge in [-0.2, -0.15) is 0 Å². The van der Waals surface area contributed by atoms with E-state index in [1.165, 1.54) is 32.1 Å². The largest absolute Gasteiger partial charge is 0.468 e. The molecule has 3 nitrogen and oxygen atoms in total. The molecule has 0 unspecified atom stereocenters. The first-order chi connectivity index (χ1) is 8.72. The van der Waals surface area contributed by atoms with Crippen molar-refractivity contribution in [3.63, 3.8) is 0 Å². The van der Waals surface area contributed by atoms with Crippen LogP contribution in [0.3, 0.4) is 0 Å². The average Bonchev–Trinajstić information content (AvgIpc) is 2.35. The molecule has 0 aromatic heterocycles. The molecule has 0 aromatic carbocycles. The topological polar surface area (TPSA) is 46.5 Å². The molecular weight excluding hydrogens is 228 g/mol. The van der Waals surface area contributed by atoms with Gasteiger partial charge in [0, 0.05) is 0 Å². The summed E-state index contributed by atoms with van der Waals surface area (Å²) in [4.78, 5) is 10.1. The second-order valence-electron chi connectivity index (χ2n) is 6.72. The fraction of sp³-hybridized carbons (Fsp3) is 0.933. The van der Waals surface area contributed by atoms with E-state index in [0.29, 0.717) is 24.9 Å². The molecule has 0 spiro atoms. The van der Waals surface area contributed by atoms with E-state index < -0.39 is 5.60 Å². The Kier molecular flexibility index (Phi) is 3.35. The van der Waals surface area contributed by atoms with Crippen molar-refractivity contribution in [3.8, 4) is 0 Å². The van der Waals surface area contributed by atoms with E-state index in [4.69, 9.17) is 4.74 Å². The highest BCUT2D eigenvalue weighted by Gasteiger charge is 2.55. The van der Waals surface area contributed by atoms with Crippen LogP contribution in [0.2, 0.25) is 0 Å². The number of carbonyl (C=O) groups is 1. The molecule has 0 atom stereocenters. The van der Waals surface area contributed by atoms with Crippen molar-refractivity contribution in [2.45, 2.75) is 57.0 Å². The smallest absolute Gasteiger partial charge is 0.293 e. The van der Waals surface area contributed by atoms with Gasteiger partial charge >= 0.3 is 0 Å². The predicted octanol–water partition coefficient (Wildman–Crippen LogP) is 2.52. The quantitative estimate of drug-likeness (QED) is 0.583. The normalized spacial score (nSPS) is 45.2. The van der Waals surface area contributed by atoms with Gasteiger partial charge in [-0.25, -0.2) is 0 Å². The molecule has 4 aliphatic rings. The molecule has 0 aliphatic heterocycles. The van der Waals surface area contributed by atoms with Crippen LogP contribution < -0.4 is 0 Å². The molecule has 0 heterocycles. The summed E-state index contributed by atoms with van der Waals surface area (Å²) >= 11 is 0. The Labute approximate surface area is 109 Å². The number of unbranched alkanes of at least 4 members (excludes halogenated alkanes) is 1. The maximum Gasteiger partial charge on any atom is 0.293 e. The van der Waals surface area contributed by atoms with Crippen LogP contribution in [0.1, 0.15) is 51.4 Å². The summed E-state index contributed by atoms with van der Waals surface area (Å²) in [5.74, 6) is 2.93. The average molecular weight is 252 g/mol. The van der Waals surface area contributed by atoms with Gasteiger partial charge < -0.3 is 9.84 Å². The maximum absolute atomic E-state index is 11.0. The maximum atomic E-state index is 11.0. The van der Waals surface area contributed by atoms with Crippen molar-refractivity contribution in [1.82, 2.24) is 0 Å². The second-order valence-corrected chi connectivity index (χ2v) is 6.72. The molecule has 102 valence electrons. The van der Waals surface area contributed by atoms with Crippen LogP contribution in [0, 0.1) is 23.7 Å². The molecule has 0 saturated heterocycles. The Bertz CT molecular complexity index is 285. The third kappa shape index (κ3) is 2.07. The lowest BCUT2D eigenvalue weighted by Gasteiger charge is -2.59. The Morgan fingerprint density at radius 2 is 1.67 bits per heavy atom. The zero-order valence-electron chi connectivity index (χ0n) is 11.0. The van der Waals surface area contributed by atoms with Gasteiger partial charge in [-0.05, 0) is 75.0 Å². The number of carbonyl (C=O) groups excluding carboxylic acids is 1. The molecule has 4 rings (SSSR count). The monoisotopic (exact) mass is 252 g/mol. The molecule has 4 fully saturated rings. The van der Waals surface area contributed by atoms with Crippen LogP contribution in [-0.2, 0) is 9.53 Å². The summed E-state index contributed by atoms with van der Waals surface area (Å²) in [6, 6.07) is 0. The molecule has 3 heteroatoms. The summed E-state index contributed by atoms with van der Waals surface area (Å²) < 4.78 is 4.71. The van der Waals surface area contributed by atoms with Gasteiger partial charge in [-0.1, -0.05) is 0 Å². The fourth-order valence-corrected chi connectivity index (χ4v) is 5.05. The third-order valence-corrected chi connectivity index (χ3v) is 5.71. The minimum absolute atomic E-state index is 0.394. The van der Waals surface area contributed by atoms with Crippen LogP contribution >= 0.6 is 0 Å². The molecule has 4 saturated carbocycles. The zero-order chi connectivity index (χ0) is 12.6. The van der Waals surface area contributed by atoms with E-state index in [9.17, 15) is 9.90 Å². The number of hydrogen-bond acceptors (Lipinski definition) is 3. The van der Waals surface area contributed by atoms with Crippen molar-refractivity contribution < 1.29 is 14.6 Å². The Hall–Kier alpha value is -0.570. The fourth-order valence-electron chi connectivity index (χ4n) is 5.05. The Balaban J connectivity index is 1.55. The first-order valence-electron chi connectivity index (χ1n) is 7.50. The van der Waals surface area contributed by atoms with E-state index in [0.717, 1.165) is 31.1 Å². The number of ether oxygens (including phenoxy) is 1. The highest BCUT2D eigenvalue weighted by atomic mass is 16.5. The van der Waals surface area contributed by atoms with Crippen molar-refractivity contribution in [3.05, 3.63) is 0 Å².